The van der Waals surface area contributed by atoms with Gasteiger partial charge < -0.3 is 25.4 Å². The summed E-state index contributed by atoms with van der Waals surface area (Å²) in [6.07, 6.45) is 0.963. The van der Waals surface area contributed by atoms with Gasteiger partial charge in [0.1, 0.15) is 11.5 Å². The second-order valence-corrected chi connectivity index (χ2v) is 4.62. The molecule has 20 heavy (non-hydrogen) atoms. The van der Waals surface area contributed by atoms with Gasteiger partial charge in [-0.2, -0.15) is 0 Å². The zero-order chi connectivity index (χ0) is 15.0. The predicted molar refractivity (Wildman–Crippen MR) is 82.8 cm³/mol. The number of methoxy groups -OCH3 is 2. The number of anilines is 1. The van der Waals surface area contributed by atoms with E-state index in [2.05, 4.69) is 15.2 Å². The third kappa shape index (κ3) is 5.36. The highest BCUT2D eigenvalue weighted by Gasteiger charge is 2.05. The Balaban J connectivity index is 2.64. The molecule has 0 aromatic heterocycles. The smallest absolute Gasteiger partial charge is 0.193 e. The molecule has 1 rings (SSSR count). The van der Waals surface area contributed by atoms with Gasteiger partial charge in [-0.25, -0.2) is 0 Å². The van der Waals surface area contributed by atoms with Gasteiger partial charge in [-0.1, -0.05) is 0 Å². The van der Waals surface area contributed by atoms with E-state index >= 15 is 0 Å². The summed E-state index contributed by atoms with van der Waals surface area (Å²) in [5, 5.41) is 3.03. The number of aliphatic imine (C=N–C) groups is 1. The third-order valence-corrected chi connectivity index (χ3v) is 2.71. The van der Waals surface area contributed by atoms with Crippen molar-refractivity contribution in [3.63, 3.8) is 0 Å². The maximum Gasteiger partial charge on any atom is 0.193 e. The van der Waals surface area contributed by atoms with Crippen molar-refractivity contribution < 1.29 is 9.47 Å². The standard InChI is InChI=1S/C14H24N4O2/c1-18(2)9-5-8-16-14(15)17-12-10-11(19-3)6-7-13(12)20-4/h6-7,10H,5,8-9H2,1-4H3,(H3,15,16,17). The molecular weight excluding hydrogens is 256 g/mol. The van der Waals surface area contributed by atoms with Gasteiger partial charge in [0.05, 0.1) is 19.9 Å². The van der Waals surface area contributed by atoms with Crippen LogP contribution in [0.15, 0.2) is 23.2 Å². The average Bonchev–Trinajstić information content (AvgIpc) is 2.43. The number of benzene rings is 1. The summed E-state index contributed by atoms with van der Waals surface area (Å²) < 4.78 is 10.4. The van der Waals surface area contributed by atoms with Crippen LogP contribution in [0.25, 0.3) is 0 Å². The molecule has 0 aliphatic carbocycles. The van der Waals surface area contributed by atoms with E-state index in [4.69, 9.17) is 15.2 Å². The van der Waals surface area contributed by atoms with Gasteiger partial charge >= 0.3 is 0 Å². The molecular formula is C14H24N4O2. The molecule has 0 saturated carbocycles. The van der Waals surface area contributed by atoms with Crippen molar-refractivity contribution in [2.45, 2.75) is 6.42 Å². The first-order valence-electron chi connectivity index (χ1n) is 6.50. The van der Waals surface area contributed by atoms with Crippen LogP contribution in [-0.4, -0.2) is 52.3 Å². The summed E-state index contributed by atoms with van der Waals surface area (Å²) >= 11 is 0. The number of nitrogens with one attached hydrogen (secondary N) is 1. The average molecular weight is 280 g/mol. The molecule has 1 aromatic carbocycles. The minimum atomic E-state index is 0.371. The van der Waals surface area contributed by atoms with E-state index in [1.54, 1.807) is 14.2 Å². The zero-order valence-corrected chi connectivity index (χ0v) is 12.6. The van der Waals surface area contributed by atoms with Crippen LogP contribution < -0.4 is 20.5 Å². The lowest BCUT2D eigenvalue weighted by Crippen LogP contribution is -2.23. The SMILES string of the molecule is COc1ccc(OC)c(NC(N)=NCCCN(C)C)c1. The van der Waals surface area contributed by atoms with E-state index in [1.165, 1.54) is 0 Å². The maximum atomic E-state index is 5.87. The van der Waals surface area contributed by atoms with Crippen molar-refractivity contribution in [1.29, 1.82) is 0 Å². The summed E-state index contributed by atoms with van der Waals surface area (Å²) in [5.41, 5.74) is 6.60. The Hall–Kier alpha value is -1.95. The van der Waals surface area contributed by atoms with Crippen LogP contribution in [0.1, 0.15) is 6.42 Å². The van der Waals surface area contributed by atoms with Crippen LogP contribution >= 0.6 is 0 Å². The van der Waals surface area contributed by atoms with Gasteiger partial charge in [0.15, 0.2) is 5.96 Å². The minimum Gasteiger partial charge on any atom is -0.497 e. The molecule has 0 unspecified atom stereocenters. The molecule has 0 atom stereocenters. The molecule has 0 saturated heterocycles. The number of ether oxygens (including phenoxy) is 2. The number of rotatable bonds is 7. The molecule has 0 amide bonds. The Bertz CT molecular complexity index is 447. The maximum absolute atomic E-state index is 5.87. The van der Waals surface area contributed by atoms with Gasteiger partial charge in [0.25, 0.3) is 0 Å². The first-order valence-corrected chi connectivity index (χ1v) is 6.50. The summed E-state index contributed by atoms with van der Waals surface area (Å²) in [5.74, 6) is 1.79. The van der Waals surface area contributed by atoms with Crippen LogP contribution in [0.3, 0.4) is 0 Å². The molecule has 112 valence electrons. The van der Waals surface area contributed by atoms with Crippen LogP contribution in [0.5, 0.6) is 11.5 Å². The number of nitrogens with zero attached hydrogens (tertiary/aromatic N) is 2. The molecule has 0 fully saturated rings. The molecule has 3 N–H and O–H groups in total. The lowest BCUT2D eigenvalue weighted by Gasteiger charge is -2.12. The zero-order valence-electron chi connectivity index (χ0n) is 12.6. The molecule has 6 nitrogen and oxygen atoms in total. The fourth-order valence-electron chi connectivity index (χ4n) is 1.68. The van der Waals surface area contributed by atoms with Crippen LogP contribution in [-0.2, 0) is 0 Å². The number of hydrogen-bond donors (Lipinski definition) is 2. The summed E-state index contributed by atoms with van der Waals surface area (Å²) in [6, 6.07) is 5.47. The fourth-order valence-corrected chi connectivity index (χ4v) is 1.68. The predicted octanol–water partition coefficient (Wildman–Crippen LogP) is 1.38. The van der Waals surface area contributed by atoms with Crippen molar-refractivity contribution in [3.8, 4) is 11.5 Å². The Labute approximate surface area is 120 Å². The highest BCUT2D eigenvalue weighted by atomic mass is 16.5. The van der Waals surface area contributed by atoms with Crippen molar-refractivity contribution in [3.05, 3.63) is 18.2 Å². The van der Waals surface area contributed by atoms with Gasteiger partial charge in [-0.05, 0) is 39.2 Å². The second kappa shape index (κ2) is 8.27. The summed E-state index contributed by atoms with van der Waals surface area (Å²) in [4.78, 5) is 6.40. The van der Waals surface area contributed by atoms with E-state index in [1.807, 2.05) is 32.3 Å². The normalized spacial score (nSPS) is 11.6. The lowest BCUT2D eigenvalue weighted by atomic mass is 10.2. The Kier molecular flexibility index (Phi) is 6.66. The quantitative estimate of drug-likeness (QED) is 0.448. The van der Waals surface area contributed by atoms with E-state index in [0.29, 0.717) is 18.3 Å². The molecule has 0 bridgehead atoms. The van der Waals surface area contributed by atoms with Gasteiger partial charge in [-0.15, -0.1) is 0 Å². The second-order valence-electron chi connectivity index (χ2n) is 4.62. The molecule has 6 heteroatoms. The van der Waals surface area contributed by atoms with E-state index < -0.39 is 0 Å². The molecule has 0 radical (unpaired) electrons. The number of hydrogen-bond acceptors (Lipinski definition) is 4. The molecule has 0 heterocycles. The van der Waals surface area contributed by atoms with E-state index in [-0.39, 0.29) is 0 Å². The Morgan fingerprint density at radius 3 is 2.65 bits per heavy atom. The molecule has 0 aliphatic heterocycles. The molecule has 0 aliphatic rings. The highest BCUT2D eigenvalue weighted by Crippen LogP contribution is 2.28. The summed E-state index contributed by atoms with van der Waals surface area (Å²) in [6.45, 7) is 1.67. The van der Waals surface area contributed by atoms with Crippen molar-refractivity contribution in [1.82, 2.24) is 4.90 Å². The van der Waals surface area contributed by atoms with Crippen LogP contribution in [0.4, 0.5) is 5.69 Å². The first kappa shape index (κ1) is 16.1. The van der Waals surface area contributed by atoms with E-state index in [0.717, 1.165) is 24.4 Å². The molecule has 0 spiro atoms. The number of guanidine groups is 1. The summed E-state index contributed by atoms with van der Waals surface area (Å²) in [7, 11) is 7.29. The van der Waals surface area contributed by atoms with Gasteiger partial charge in [-0.3, -0.25) is 4.99 Å². The van der Waals surface area contributed by atoms with E-state index in [9.17, 15) is 0 Å². The lowest BCUT2D eigenvalue weighted by molar-refractivity contribution is 0.403. The largest absolute Gasteiger partial charge is 0.497 e. The molecule has 1 aromatic rings. The topological polar surface area (TPSA) is 72.1 Å². The van der Waals surface area contributed by atoms with Crippen molar-refractivity contribution in [2.24, 2.45) is 10.7 Å². The van der Waals surface area contributed by atoms with Crippen molar-refractivity contribution in [2.75, 3.05) is 46.7 Å². The third-order valence-electron chi connectivity index (χ3n) is 2.71. The Morgan fingerprint density at radius 1 is 1.30 bits per heavy atom. The minimum absolute atomic E-state index is 0.371. The van der Waals surface area contributed by atoms with Gasteiger partial charge in [0.2, 0.25) is 0 Å². The monoisotopic (exact) mass is 280 g/mol. The van der Waals surface area contributed by atoms with Crippen molar-refractivity contribution >= 4 is 11.6 Å². The van der Waals surface area contributed by atoms with Gasteiger partial charge in [0, 0.05) is 12.6 Å². The highest BCUT2D eigenvalue weighted by molar-refractivity contribution is 5.93. The van der Waals surface area contributed by atoms with Crippen LogP contribution in [0, 0.1) is 0 Å². The fraction of sp³-hybridized carbons (Fsp3) is 0.500. The first-order chi connectivity index (χ1) is 9.56. The Morgan fingerprint density at radius 2 is 2.05 bits per heavy atom. The number of nitrogens with two attached hydrogens (primary N) is 1. The van der Waals surface area contributed by atoms with Crippen LogP contribution in [0.2, 0.25) is 0 Å².